The summed E-state index contributed by atoms with van der Waals surface area (Å²) in [6.07, 6.45) is 7.08. The van der Waals surface area contributed by atoms with E-state index >= 15 is 0 Å². The molecule has 7 nitrogen and oxygen atoms in total. The van der Waals surface area contributed by atoms with Crippen LogP contribution in [0.2, 0.25) is 0 Å². The maximum atomic E-state index is 13.4. The highest BCUT2D eigenvalue weighted by atomic mass is 32.2. The van der Waals surface area contributed by atoms with Crippen LogP contribution in [0.1, 0.15) is 66.2 Å². The molecule has 0 N–H and O–H groups in total. The molecule has 0 unspecified atom stereocenters. The first-order chi connectivity index (χ1) is 15.0. The topological polar surface area (TPSA) is 73.8 Å². The van der Waals surface area contributed by atoms with E-state index in [2.05, 4.69) is 30.7 Å². The second-order valence-corrected chi connectivity index (χ2v) is 12.7. The minimum absolute atomic E-state index is 0.0556. The molecule has 0 aromatic carbocycles. The Morgan fingerprint density at radius 1 is 1.16 bits per heavy atom. The van der Waals surface area contributed by atoms with Gasteiger partial charge < -0.3 is 4.90 Å². The van der Waals surface area contributed by atoms with E-state index in [0.29, 0.717) is 30.7 Å². The first kappa shape index (κ1) is 25.1. The number of nitrogens with zero attached hydrogens (tertiary/aromatic N) is 4. The van der Waals surface area contributed by atoms with Crippen molar-refractivity contribution in [2.24, 2.45) is 10.8 Å². The van der Waals surface area contributed by atoms with Crippen LogP contribution in [0.3, 0.4) is 0 Å². The molecule has 2 aliphatic rings. The minimum Gasteiger partial charge on any atom is -0.303 e. The van der Waals surface area contributed by atoms with Crippen molar-refractivity contribution in [1.82, 2.24) is 14.2 Å². The summed E-state index contributed by atoms with van der Waals surface area (Å²) in [5.41, 5.74) is 0.428. The molecule has 1 aromatic rings. The Morgan fingerprint density at radius 3 is 2.41 bits per heavy atom. The van der Waals surface area contributed by atoms with Gasteiger partial charge in [0.05, 0.1) is 0 Å². The van der Waals surface area contributed by atoms with Gasteiger partial charge in [0.1, 0.15) is 10.7 Å². The standard InChI is InChI=1S/C24H40N4O3S/c1-6-22(29)26(5)21-9-8-20(18-25-21)32(30,31)28-14-7-10-24(19-28)12-16-27(17-13-24)15-11-23(2,3)4/h8-9,18H,6-7,10-17,19H2,1-5H3. The van der Waals surface area contributed by atoms with Crippen LogP contribution in [0.5, 0.6) is 0 Å². The lowest BCUT2D eigenvalue weighted by molar-refractivity contribution is -0.118. The summed E-state index contributed by atoms with van der Waals surface area (Å²) in [5.74, 6) is 0.411. The molecule has 2 fully saturated rings. The molecule has 0 atom stereocenters. The summed E-state index contributed by atoms with van der Waals surface area (Å²) in [7, 11) is -1.94. The summed E-state index contributed by atoms with van der Waals surface area (Å²) in [6, 6.07) is 3.20. The van der Waals surface area contributed by atoms with Crippen molar-refractivity contribution in [2.75, 3.05) is 44.7 Å². The molecule has 1 amide bonds. The summed E-state index contributed by atoms with van der Waals surface area (Å²) >= 11 is 0. The summed E-state index contributed by atoms with van der Waals surface area (Å²) in [6.45, 7) is 13.0. The Morgan fingerprint density at radius 2 is 1.84 bits per heavy atom. The number of hydrogen-bond acceptors (Lipinski definition) is 5. The van der Waals surface area contributed by atoms with Gasteiger partial charge in [-0.2, -0.15) is 4.31 Å². The van der Waals surface area contributed by atoms with Crippen molar-refractivity contribution in [3.8, 4) is 0 Å². The lowest BCUT2D eigenvalue weighted by atomic mass is 9.73. The molecule has 2 saturated heterocycles. The van der Waals surface area contributed by atoms with E-state index in [0.717, 1.165) is 45.3 Å². The predicted octanol–water partition coefficient (Wildman–Crippen LogP) is 3.76. The molecule has 3 heterocycles. The second kappa shape index (κ2) is 9.77. The molecule has 0 aliphatic carbocycles. The van der Waals surface area contributed by atoms with Crippen LogP contribution in [0.4, 0.5) is 5.82 Å². The van der Waals surface area contributed by atoms with Gasteiger partial charge in [-0.3, -0.25) is 9.69 Å². The average molecular weight is 465 g/mol. The number of pyridine rings is 1. The van der Waals surface area contributed by atoms with Gasteiger partial charge in [0.15, 0.2) is 0 Å². The zero-order chi connectivity index (χ0) is 23.6. The van der Waals surface area contributed by atoms with Crippen molar-refractivity contribution in [3.05, 3.63) is 18.3 Å². The lowest BCUT2D eigenvalue weighted by Crippen LogP contribution is -2.51. The Bertz CT molecular complexity index is 885. The molecule has 1 spiro atoms. The number of anilines is 1. The molecule has 2 aliphatic heterocycles. The summed E-state index contributed by atoms with van der Waals surface area (Å²) in [4.78, 5) is 20.3. The third-order valence-electron chi connectivity index (χ3n) is 7.10. The number of rotatable bonds is 6. The fraction of sp³-hybridized carbons (Fsp3) is 0.750. The molecule has 0 saturated carbocycles. The molecule has 8 heteroatoms. The lowest BCUT2D eigenvalue weighted by Gasteiger charge is -2.47. The number of amides is 1. The molecule has 0 bridgehead atoms. The fourth-order valence-corrected chi connectivity index (χ4v) is 6.30. The molecular weight excluding hydrogens is 424 g/mol. The number of aromatic nitrogens is 1. The quantitative estimate of drug-likeness (QED) is 0.641. The van der Waals surface area contributed by atoms with Crippen molar-refractivity contribution >= 4 is 21.7 Å². The van der Waals surface area contributed by atoms with Gasteiger partial charge >= 0.3 is 0 Å². The van der Waals surface area contributed by atoms with Crippen LogP contribution in [0.15, 0.2) is 23.2 Å². The minimum atomic E-state index is -3.59. The highest BCUT2D eigenvalue weighted by Crippen LogP contribution is 2.41. The van der Waals surface area contributed by atoms with E-state index in [9.17, 15) is 13.2 Å². The van der Waals surface area contributed by atoms with Crippen LogP contribution >= 0.6 is 0 Å². The molecule has 0 radical (unpaired) electrons. The largest absolute Gasteiger partial charge is 0.303 e. The number of likely N-dealkylation sites (tertiary alicyclic amines) is 1. The fourth-order valence-electron chi connectivity index (χ4n) is 4.76. The van der Waals surface area contributed by atoms with Gasteiger partial charge in [0.25, 0.3) is 0 Å². The highest BCUT2D eigenvalue weighted by molar-refractivity contribution is 7.89. The Labute approximate surface area is 194 Å². The van der Waals surface area contributed by atoms with Gasteiger partial charge in [-0.15, -0.1) is 0 Å². The Kier molecular flexibility index (Phi) is 7.67. The summed E-state index contributed by atoms with van der Waals surface area (Å²) < 4.78 is 28.4. The summed E-state index contributed by atoms with van der Waals surface area (Å²) in [5, 5.41) is 0. The third kappa shape index (κ3) is 5.88. The SMILES string of the molecule is CCC(=O)N(C)c1ccc(S(=O)(=O)N2CCCC3(CCN(CCC(C)(C)C)CC3)C2)cn1. The average Bonchev–Trinajstić information content (AvgIpc) is 2.77. The van der Waals surface area contributed by atoms with Crippen molar-refractivity contribution < 1.29 is 13.2 Å². The van der Waals surface area contributed by atoms with Gasteiger partial charge in [-0.25, -0.2) is 13.4 Å². The van der Waals surface area contributed by atoms with Gasteiger partial charge in [0, 0.05) is 32.8 Å². The van der Waals surface area contributed by atoms with E-state index in [1.54, 1.807) is 30.4 Å². The zero-order valence-electron chi connectivity index (χ0n) is 20.4. The van der Waals surface area contributed by atoms with E-state index in [4.69, 9.17) is 0 Å². The molecule has 1 aromatic heterocycles. The van der Waals surface area contributed by atoms with Gasteiger partial charge in [-0.05, 0) is 74.7 Å². The van der Waals surface area contributed by atoms with Crippen LogP contribution < -0.4 is 4.90 Å². The van der Waals surface area contributed by atoms with Gasteiger partial charge in [0.2, 0.25) is 15.9 Å². The predicted molar refractivity (Wildman–Crippen MR) is 128 cm³/mol. The van der Waals surface area contributed by atoms with Crippen LogP contribution in [0, 0.1) is 10.8 Å². The Balaban J connectivity index is 1.65. The Hall–Kier alpha value is -1.51. The maximum Gasteiger partial charge on any atom is 0.244 e. The van der Waals surface area contributed by atoms with Crippen molar-refractivity contribution in [3.63, 3.8) is 0 Å². The number of hydrogen-bond donors (Lipinski definition) is 0. The van der Waals surface area contributed by atoms with Crippen molar-refractivity contribution in [1.29, 1.82) is 0 Å². The normalized spacial score (nSPS) is 20.4. The van der Waals surface area contributed by atoms with Gasteiger partial charge in [-0.1, -0.05) is 27.7 Å². The third-order valence-corrected chi connectivity index (χ3v) is 8.93. The number of piperidine rings is 2. The molecule has 180 valence electrons. The van der Waals surface area contributed by atoms with Crippen LogP contribution in [0.25, 0.3) is 0 Å². The maximum absolute atomic E-state index is 13.4. The van der Waals surface area contributed by atoms with E-state index in [-0.39, 0.29) is 16.2 Å². The van der Waals surface area contributed by atoms with Crippen LogP contribution in [-0.2, 0) is 14.8 Å². The first-order valence-corrected chi connectivity index (χ1v) is 13.3. The monoisotopic (exact) mass is 464 g/mol. The van der Waals surface area contributed by atoms with Crippen LogP contribution in [-0.4, -0.2) is 68.3 Å². The number of carbonyl (C=O) groups excluding carboxylic acids is 1. The van der Waals surface area contributed by atoms with Crippen molar-refractivity contribution in [2.45, 2.75) is 71.1 Å². The number of carbonyl (C=O) groups is 1. The molecular formula is C24H40N4O3S. The smallest absolute Gasteiger partial charge is 0.244 e. The van der Waals surface area contributed by atoms with E-state index < -0.39 is 10.0 Å². The highest BCUT2D eigenvalue weighted by Gasteiger charge is 2.42. The first-order valence-electron chi connectivity index (χ1n) is 11.9. The second-order valence-electron chi connectivity index (χ2n) is 10.8. The zero-order valence-corrected chi connectivity index (χ0v) is 21.2. The molecule has 32 heavy (non-hydrogen) atoms. The number of sulfonamides is 1. The van der Waals surface area contributed by atoms with E-state index in [1.807, 2.05) is 0 Å². The molecule has 3 rings (SSSR count). The van der Waals surface area contributed by atoms with E-state index in [1.165, 1.54) is 17.5 Å².